The number of aromatic nitrogens is 3. The summed E-state index contributed by atoms with van der Waals surface area (Å²) in [6, 6.07) is 6.74. The Labute approximate surface area is 147 Å². The quantitative estimate of drug-likeness (QED) is 0.666. The fraction of sp³-hybridized carbons (Fsp3) is 0.471. The van der Waals surface area contributed by atoms with Gasteiger partial charge < -0.3 is 4.74 Å². The first-order chi connectivity index (χ1) is 11.9. The second kappa shape index (κ2) is 8.24. The van der Waals surface area contributed by atoms with Crippen LogP contribution < -0.4 is 0 Å². The largest absolute Gasteiger partial charge is 0.464 e. The van der Waals surface area contributed by atoms with Crippen LogP contribution in [0.3, 0.4) is 0 Å². The summed E-state index contributed by atoms with van der Waals surface area (Å²) in [5.74, 6) is -0.669. The molecule has 8 heteroatoms. The molecule has 1 aromatic carbocycles. The Morgan fingerprint density at radius 3 is 2.52 bits per heavy atom. The van der Waals surface area contributed by atoms with E-state index >= 15 is 0 Å². The second-order valence-corrected chi connectivity index (χ2v) is 7.94. The molecule has 1 heterocycles. The van der Waals surface area contributed by atoms with E-state index in [1.54, 1.807) is 24.3 Å². The molecule has 0 saturated carbocycles. The van der Waals surface area contributed by atoms with Crippen molar-refractivity contribution in [3.8, 4) is 0 Å². The van der Waals surface area contributed by atoms with Gasteiger partial charge in [-0.1, -0.05) is 36.3 Å². The SMILES string of the molecule is CCCCc1c(C(=O)OC)nnn1CCS(=O)(=O)c1ccc(C)cc1. The molecule has 0 saturated heterocycles. The van der Waals surface area contributed by atoms with Crippen molar-refractivity contribution in [2.24, 2.45) is 0 Å². The summed E-state index contributed by atoms with van der Waals surface area (Å²) in [6.07, 6.45) is 2.38. The fourth-order valence-corrected chi connectivity index (χ4v) is 3.63. The molecule has 2 rings (SSSR count). The van der Waals surface area contributed by atoms with Gasteiger partial charge in [-0.25, -0.2) is 17.9 Å². The van der Waals surface area contributed by atoms with E-state index in [-0.39, 0.29) is 22.9 Å². The minimum atomic E-state index is -3.43. The average molecular weight is 365 g/mol. The van der Waals surface area contributed by atoms with Crippen molar-refractivity contribution in [1.29, 1.82) is 0 Å². The molecule has 136 valence electrons. The Morgan fingerprint density at radius 1 is 1.24 bits per heavy atom. The molecule has 0 radical (unpaired) electrons. The van der Waals surface area contributed by atoms with Gasteiger partial charge >= 0.3 is 5.97 Å². The first-order valence-corrected chi connectivity index (χ1v) is 9.84. The number of benzene rings is 1. The lowest BCUT2D eigenvalue weighted by molar-refractivity contribution is 0.0592. The molecule has 0 spiro atoms. The zero-order valence-corrected chi connectivity index (χ0v) is 15.5. The topological polar surface area (TPSA) is 91.2 Å². The van der Waals surface area contributed by atoms with Gasteiger partial charge in [-0.3, -0.25) is 0 Å². The van der Waals surface area contributed by atoms with Crippen molar-refractivity contribution in [2.75, 3.05) is 12.9 Å². The molecular weight excluding hydrogens is 342 g/mol. The number of unbranched alkanes of at least 4 members (excludes halogenated alkanes) is 1. The first kappa shape index (κ1) is 19.1. The number of carbonyl (C=O) groups is 1. The number of sulfone groups is 1. The van der Waals surface area contributed by atoms with Gasteiger partial charge in [0.05, 0.1) is 30.0 Å². The minimum Gasteiger partial charge on any atom is -0.464 e. The molecule has 0 amide bonds. The van der Waals surface area contributed by atoms with Gasteiger partial charge in [-0.15, -0.1) is 5.10 Å². The molecule has 0 atom stereocenters. The van der Waals surface area contributed by atoms with E-state index in [9.17, 15) is 13.2 Å². The highest BCUT2D eigenvalue weighted by Gasteiger charge is 2.21. The number of hydrogen-bond donors (Lipinski definition) is 0. The molecule has 7 nitrogen and oxygen atoms in total. The van der Waals surface area contributed by atoms with E-state index in [2.05, 4.69) is 10.3 Å². The molecular formula is C17H23N3O4S. The summed E-state index contributed by atoms with van der Waals surface area (Å²) in [6.45, 7) is 4.08. The maximum absolute atomic E-state index is 12.5. The number of ether oxygens (including phenoxy) is 1. The maximum Gasteiger partial charge on any atom is 0.360 e. The van der Waals surface area contributed by atoms with Crippen LogP contribution >= 0.6 is 0 Å². The van der Waals surface area contributed by atoms with Crippen LogP contribution in [0.15, 0.2) is 29.2 Å². The van der Waals surface area contributed by atoms with E-state index in [0.29, 0.717) is 12.1 Å². The number of methoxy groups -OCH3 is 1. The summed E-state index contributed by atoms with van der Waals surface area (Å²) in [5.41, 5.74) is 1.77. The molecule has 0 aliphatic heterocycles. The zero-order chi connectivity index (χ0) is 18.4. The molecule has 0 unspecified atom stereocenters. The van der Waals surface area contributed by atoms with Crippen LogP contribution in [0.1, 0.15) is 41.5 Å². The van der Waals surface area contributed by atoms with Crippen LogP contribution in [0.25, 0.3) is 0 Å². The molecule has 0 aliphatic rings. The zero-order valence-electron chi connectivity index (χ0n) is 14.7. The number of rotatable bonds is 8. The van der Waals surface area contributed by atoms with Gasteiger partial charge in [0.25, 0.3) is 0 Å². The highest BCUT2D eigenvalue weighted by atomic mass is 32.2. The summed E-state index contributed by atoms with van der Waals surface area (Å²) >= 11 is 0. The predicted molar refractivity (Wildman–Crippen MR) is 93.2 cm³/mol. The molecule has 0 bridgehead atoms. The van der Waals surface area contributed by atoms with E-state index < -0.39 is 15.8 Å². The number of aryl methyl sites for hydroxylation is 2. The maximum atomic E-state index is 12.5. The van der Waals surface area contributed by atoms with Gasteiger partial charge in [-0.2, -0.15) is 0 Å². The van der Waals surface area contributed by atoms with Gasteiger partial charge in [0.1, 0.15) is 0 Å². The molecule has 0 N–H and O–H groups in total. The van der Waals surface area contributed by atoms with Gasteiger partial charge in [0.15, 0.2) is 15.5 Å². The van der Waals surface area contributed by atoms with Crippen molar-refractivity contribution < 1.29 is 17.9 Å². The van der Waals surface area contributed by atoms with Crippen LogP contribution in [0.5, 0.6) is 0 Å². The highest BCUT2D eigenvalue weighted by molar-refractivity contribution is 7.91. The van der Waals surface area contributed by atoms with Crippen LogP contribution in [0.2, 0.25) is 0 Å². The normalized spacial score (nSPS) is 11.5. The predicted octanol–water partition coefficient (Wildman–Crippen LogP) is 2.19. The number of nitrogens with zero attached hydrogens (tertiary/aromatic N) is 3. The van der Waals surface area contributed by atoms with Crippen molar-refractivity contribution >= 4 is 15.8 Å². The van der Waals surface area contributed by atoms with E-state index in [4.69, 9.17) is 4.74 Å². The van der Waals surface area contributed by atoms with E-state index in [1.807, 2.05) is 13.8 Å². The van der Waals surface area contributed by atoms with Crippen LogP contribution in [0, 0.1) is 6.92 Å². The minimum absolute atomic E-state index is 0.112. The Hall–Kier alpha value is -2.22. The lowest BCUT2D eigenvalue weighted by Crippen LogP contribution is -2.17. The van der Waals surface area contributed by atoms with Gasteiger partial charge in [0, 0.05) is 0 Å². The standard InChI is InChI=1S/C17H23N3O4S/c1-4-5-6-15-16(17(21)24-3)18-19-20(15)11-12-25(22,23)14-9-7-13(2)8-10-14/h7-10H,4-6,11-12H2,1-3H3. The van der Waals surface area contributed by atoms with E-state index in [1.165, 1.54) is 11.8 Å². The highest BCUT2D eigenvalue weighted by Crippen LogP contribution is 2.15. The van der Waals surface area contributed by atoms with Crippen LogP contribution in [-0.4, -0.2) is 42.2 Å². The van der Waals surface area contributed by atoms with E-state index in [0.717, 1.165) is 18.4 Å². The monoisotopic (exact) mass is 365 g/mol. The lowest BCUT2D eigenvalue weighted by Gasteiger charge is -2.08. The summed E-state index contributed by atoms with van der Waals surface area (Å²) in [4.78, 5) is 12.1. The van der Waals surface area contributed by atoms with Crippen LogP contribution in [0.4, 0.5) is 0 Å². The number of hydrogen-bond acceptors (Lipinski definition) is 6. The Bertz CT molecular complexity index is 826. The smallest absolute Gasteiger partial charge is 0.360 e. The molecule has 2 aromatic rings. The van der Waals surface area contributed by atoms with Crippen molar-refractivity contribution in [3.05, 3.63) is 41.2 Å². The van der Waals surface area contributed by atoms with Gasteiger partial charge in [-0.05, 0) is 31.9 Å². The van der Waals surface area contributed by atoms with Crippen molar-refractivity contribution in [2.45, 2.75) is 44.6 Å². The van der Waals surface area contributed by atoms with Crippen molar-refractivity contribution in [3.63, 3.8) is 0 Å². The summed E-state index contributed by atoms with van der Waals surface area (Å²) in [5, 5.41) is 7.82. The second-order valence-electron chi connectivity index (χ2n) is 5.83. The fourth-order valence-electron chi connectivity index (χ4n) is 2.43. The summed E-state index contributed by atoms with van der Waals surface area (Å²) < 4.78 is 31.2. The molecule has 0 fully saturated rings. The Kier molecular flexibility index (Phi) is 6.30. The molecule has 0 aliphatic carbocycles. The third-order valence-corrected chi connectivity index (χ3v) is 5.65. The molecule has 1 aromatic heterocycles. The molecule has 25 heavy (non-hydrogen) atoms. The average Bonchev–Trinajstić information content (AvgIpc) is 3.00. The van der Waals surface area contributed by atoms with Crippen LogP contribution in [-0.2, 0) is 27.5 Å². The Balaban J connectivity index is 2.20. The third-order valence-electron chi connectivity index (χ3n) is 3.94. The lowest BCUT2D eigenvalue weighted by atomic mass is 10.1. The van der Waals surface area contributed by atoms with Crippen molar-refractivity contribution in [1.82, 2.24) is 15.0 Å². The number of carbonyl (C=O) groups excluding carboxylic acids is 1. The summed E-state index contributed by atoms with van der Waals surface area (Å²) in [7, 11) is -2.15. The first-order valence-electron chi connectivity index (χ1n) is 8.19. The third kappa shape index (κ3) is 4.66. The Morgan fingerprint density at radius 2 is 1.92 bits per heavy atom. The number of esters is 1. The van der Waals surface area contributed by atoms with Gasteiger partial charge in [0.2, 0.25) is 0 Å².